The summed E-state index contributed by atoms with van der Waals surface area (Å²) in [4.78, 5) is 31.9. The van der Waals surface area contributed by atoms with E-state index in [1.807, 2.05) is 24.3 Å². The molecule has 3 aliphatic heterocycles. The first-order chi connectivity index (χ1) is 13.0. The van der Waals surface area contributed by atoms with Crippen molar-refractivity contribution in [2.24, 2.45) is 5.92 Å². The van der Waals surface area contributed by atoms with Crippen LogP contribution in [0.4, 0.5) is 5.69 Å². The maximum absolute atomic E-state index is 12.8. The number of amides is 2. The number of fused-ring (bicyclic) bond motifs is 3. The fraction of sp³-hybridized carbons (Fsp3) is 0.450. The highest BCUT2D eigenvalue weighted by Crippen LogP contribution is 2.34. The van der Waals surface area contributed by atoms with Crippen molar-refractivity contribution in [2.45, 2.75) is 38.8 Å². The van der Waals surface area contributed by atoms with Crippen molar-refractivity contribution in [2.75, 3.05) is 18.4 Å². The van der Waals surface area contributed by atoms with Crippen LogP contribution >= 0.6 is 11.3 Å². The van der Waals surface area contributed by atoms with Crippen LogP contribution in [0.1, 0.15) is 36.5 Å². The molecule has 2 atom stereocenters. The summed E-state index contributed by atoms with van der Waals surface area (Å²) < 4.78 is 0. The Kier molecular flexibility index (Phi) is 4.97. The molecule has 0 aliphatic carbocycles. The summed E-state index contributed by atoms with van der Waals surface area (Å²) in [6.45, 7) is 5.96. The van der Waals surface area contributed by atoms with Crippen LogP contribution in [0.3, 0.4) is 0 Å². The van der Waals surface area contributed by atoms with Crippen LogP contribution in [-0.4, -0.2) is 46.9 Å². The van der Waals surface area contributed by atoms with Gasteiger partial charge in [0.05, 0.1) is 4.88 Å². The van der Waals surface area contributed by atoms with Gasteiger partial charge in [-0.15, -0.1) is 11.3 Å². The molecule has 142 valence electrons. The van der Waals surface area contributed by atoms with E-state index in [2.05, 4.69) is 27.4 Å². The highest BCUT2D eigenvalue weighted by atomic mass is 32.1. The fourth-order valence-corrected chi connectivity index (χ4v) is 5.12. The van der Waals surface area contributed by atoms with Gasteiger partial charge in [-0.25, -0.2) is 4.98 Å². The first-order valence-electron chi connectivity index (χ1n) is 9.40. The lowest BCUT2D eigenvalue weighted by molar-refractivity contribution is -0.114. The molecular formula is C20H24N4O2S. The molecule has 0 spiro atoms. The number of carbonyl (C=O) groups is 2. The summed E-state index contributed by atoms with van der Waals surface area (Å²) in [5.41, 5.74) is 1.60. The topological polar surface area (TPSA) is 74.3 Å². The van der Waals surface area contributed by atoms with Gasteiger partial charge in [0.1, 0.15) is 0 Å². The Balaban J connectivity index is 1.51. The standard InChI is InChI=1S/C20H24N4O2S/c1-12-18(14-7-9-24(12)10-8-14)23-19(26)20-21-11-17(27-20)15-5-3-4-6-16(15)22-13(2)25/h3-6,11-12,14,18H,7-10H2,1-2H3,(H,22,25)(H,23,26). The normalized spacial score (nSPS) is 26.6. The minimum absolute atomic E-state index is 0.103. The molecular weight excluding hydrogens is 360 g/mol. The third kappa shape index (κ3) is 3.61. The number of aromatic nitrogens is 1. The monoisotopic (exact) mass is 384 g/mol. The predicted molar refractivity (Wildman–Crippen MR) is 107 cm³/mol. The lowest BCUT2D eigenvalue weighted by Gasteiger charge is -2.49. The van der Waals surface area contributed by atoms with Crippen LogP contribution in [0.25, 0.3) is 10.4 Å². The Morgan fingerprint density at radius 3 is 2.67 bits per heavy atom. The minimum atomic E-state index is -0.124. The summed E-state index contributed by atoms with van der Waals surface area (Å²) >= 11 is 1.36. The highest BCUT2D eigenvalue weighted by molar-refractivity contribution is 7.17. The number of nitrogens with one attached hydrogen (secondary N) is 2. The first-order valence-corrected chi connectivity index (χ1v) is 10.2. The number of hydrogen-bond donors (Lipinski definition) is 2. The van der Waals surface area contributed by atoms with Crippen LogP contribution in [0.5, 0.6) is 0 Å². The number of para-hydroxylation sites is 1. The van der Waals surface area contributed by atoms with Crippen molar-refractivity contribution in [1.29, 1.82) is 0 Å². The summed E-state index contributed by atoms with van der Waals surface area (Å²) in [5, 5.41) is 6.52. The third-order valence-corrected chi connectivity index (χ3v) is 6.71. The second kappa shape index (κ2) is 7.40. The van der Waals surface area contributed by atoms with Crippen LogP contribution < -0.4 is 10.6 Å². The van der Waals surface area contributed by atoms with Gasteiger partial charge < -0.3 is 10.6 Å². The molecule has 6 nitrogen and oxygen atoms in total. The van der Waals surface area contributed by atoms with E-state index >= 15 is 0 Å². The number of rotatable bonds is 4. The average Bonchev–Trinajstić information content (AvgIpc) is 3.15. The highest BCUT2D eigenvalue weighted by Gasteiger charge is 2.40. The Morgan fingerprint density at radius 2 is 1.96 bits per heavy atom. The van der Waals surface area contributed by atoms with Crippen molar-refractivity contribution in [3.63, 3.8) is 0 Å². The molecule has 3 aliphatic rings. The van der Waals surface area contributed by atoms with Gasteiger partial charge in [0.15, 0.2) is 5.01 Å². The number of anilines is 1. The summed E-state index contributed by atoms with van der Waals surface area (Å²) in [7, 11) is 0. The van der Waals surface area contributed by atoms with Crippen LogP contribution in [-0.2, 0) is 4.79 Å². The van der Waals surface area contributed by atoms with Crippen LogP contribution in [0.15, 0.2) is 30.5 Å². The van der Waals surface area contributed by atoms with E-state index in [0.29, 0.717) is 17.0 Å². The fourth-order valence-electron chi connectivity index (χ4n) is 4.26. The second-order valence-corrected chi connectivity index (χ2v) is 8.40. The number of thiazole rings is 1. The SMILES string of the molecule is CC(=O)Nc1ccccc1-c1cnc(C(=O)NC2C3CCN(CC3)C2C)s1. The molecule has 0 radical (unpaired) electrons. The van der Waals surface area contributed by atoms with Crippen LogP contribution in [0, 0.1) is 5.92 Å². The Hall–Kier alpha value is -2.25. The van der Waals surface area contributed by atoms with Crippen molar-refractivity contribution in [1.82, 2.24) is 15.2 Å². The quantitative estimate of drug-likeness (QED) is 0.850. The van der Waals surface area contributed by atoms with E-state index < -0.39 is 0 Å². The van der Waals surface area contributed by atoms with Gasteiger partial charge in [-0.3, -0.25) is 14.5 Å². The van der Waals surface area contributed by atoms with Gasteiger partial charge in [0.2, 0.25) is 5.91 Å². The molecule has 5 rings (SSSR count). The average molecular weight is 385 g/mol. The summed E-state index contributed by atoms with van der Waals surface area (Å²) in [5.74, 6) is 0.337. The van der Waals surface area contributed by atoms with E-state index in [-0.39, 0.29) is 17.9 Å². The molecule has 27 heavy (non-hydrogen) atoms. The Labute approximate surface area is 163 Å². The van der Waals surface area contributed by atoms with Gasteiger partial charge in [-0.05, 0) is 44.8 Å². The molecule has 2 unspecified atom stereocenters. The van der Waals surface area contributed by atoms with E-state index in [9.17, 15) is 9.59 Å². The Morgan fingerprint density at radius 1 is 1.22 bits per heavy atom. The minimum Gasteiger partial charge on any atom is -0.345 e. The first kappa shape index (κ1) is 18.1. The van der Waals surface area contributed by atoms with Gasteiger partial charge in [-0.1, -0.05) is 18.2 Å². The number of benzene rings is 1. The Bertz CT molecular complexity index is 855. The number of carbonyl (C=O) groups excluding carboxylic acids is 2. The van der Waals surface area contributed by atoms with E-state index in [1.54, 1.807) is 6.20 Å². The van der Waals surface area contributed by atoms with Crippen molar-refractivity contribution in [3.8, 4) is 10.4 Å². The zero-order valence-electron chi connectivity index (χ0n) is 15.6. The molecule has 2 N–H and O–H groups in total. The number of hydrogen-bond acceptors (Lipinski definition) is 5. The lowest BCUT2D eigenvalue weighted by atomic mass is 9.79. The van der Waals surface area contributed by atoms with Crippen LogP contribution in [0.2, 0.25) is 0 Å². The van der Waals surface area contributed by atoms with E-state index in [1.165, 1.54) is 18.3 Å². The largest absolute Gasteiger partial charge is 0.345 e. The van der Waals surface area contributed by atoms with Gasteiger partial charge in [0.25, 0.3) is 5.91 Å². The van der Waals surface area contributed by atoms with Gasteiger partial charge in [-0.2, -0.15) is 0 Å². The molecule has 7 heteroatoms. The van der Waals surface area contributed by atoms with E-state index in [4.69, 9.17) is 0 Å². The van der Waals surface area contributed by atoms with E-state index in [0.717, 1.165) is 42.1 Å². The molecule has 4 heterocycles. The lowest BCUT2D eigenvalue weighted by Crippen LogP contribution is -2.62. The zero-order valence-corrected chi connectivity index (χ0v) is 16.4. The smallest absolute Gasteiger partial charge is 0.280 e. The van der Waals surface area contributed by atoms with Gasteiger partial charge >= 0.3 is 0 Å². The molecule has 1 aromatic heterocycles. The maximum atomic E-state index is 12.8. The predicted octanol–water partition coefficient (Wildman–Crippen LogP) is 2.98. The molecule has 3 saturated heterocycles. The molecule has 1 aromatic carbocycles. The van der Waals surface area contributed by atoms with Crippen molar-refractivity contribution < 1.29 is 9.59 Å². The maximum Gasteiger partial charge on any atom is 0.280 e. The second-order valence-electron chi connectivity index (χ2n) is 7.37. The van der Waals surface area contributed by atoms with Crippen molar-refractivity contribution in [3.05, 3.63) is 35.5 Å². The molecule has 2 aromatic rings. The number of piperidine rings is 3. The molecule has 0 saturated carbocycles. The zero-order chi connectivity index (χ0) is 19.0. The van der Waals surface area contributed by atoms with Gasteiger partial charge in [0, 0.05) is 36.5 Å². The third-order valence-electron chi connectivity index (χ3n) is 5.68. The van der Waals surface area contributed by atoms with Crippen molar-refractivity contribution >= 4 is 28.8 Å². The molecule has 2 bridgehead atoms. The summed E-state index contributed by atoms with van der Waals surface area (Å²) in [6.07, 6.45) is 4.02. The molecule has 2 amide bonds. The number of nitrogens with zero attached hydrogens (tertiary/aromatic N) is 2. The summed E-state index contributed by atoms with van der Waals surface area (Å²) in [6, 6.07) is 8.13. The molecule has 3 fully saturated rings.